The number of aromatic amines is 1. The molecule has 118 valence electrons. The molecular formula is C14H10FN3O3S2. The first-order chi connectivity index (χ1) is 10.9. The van der Waals surface area contributed by atoms with E-state index in [4.69, 9.17) is 0 Å². The van der Waals surface area contributed by atoms with Crippen LogP contribution in [-0.2, 0) is 9.84 Å². The highest BCUT2D eigenvalue weighted by atomic mass is 32.2. The predicted octanol–water partition coefficient (Wildman–Crippen LogP) is 1.46. The van der Waals surface area contributed by atoms with Gasteiger partial charge in [0, 0.05) is 16.2 Å². The van der Waals surface area contributed by atoms with Gasteiger partial charge in [-0.1, -0.05) is 11.8 Å². The van der Waals surface area contributed by atoms with Crippen LogP contribution in [0.4, 0.5) is 4.39 Å². The van der Waals surface area contributed by atoms with Crippen molar-refractivity contribution in [3.05, 3.63) is 34.4 Å². The third-order valence-corrected chi connectivity index (χ3v) is 7.65. The molecule has 3 aromatic rings. The predicted molar refractivity (Wildman–Crippen MR) is 85.2 cm³/mol. The highest BCUT2D eigenvalue weighted by Crippen LogP contribution is 2.44. The zero-order chi connectivity index (χ0) is 15.9. The number of benzene rings is 1. The van der Waals surface area contributed by atoms with Crippen molar-refractivity contribution < 1.29 is 12.8 Å². The lowest BCUT2D eigenvalue weighted by Gasteiger charge is -2.09. The van der Waals surface area contributed by atoms with E-state index in [1.165, 1.54) is 28.5 Å². The van der Waals surface area contributed by atoms with Crippen LogP contribution in [0.5, 0.6) is 0 Å². The molecule has 5 rings (SSSR count). The molecule has 0 aliphatic carbocycles. The lowest BCUT2D eigenvalue weighted by molar-refractivity contribution is 0.524. The first-order valence-corrected chi connectivity index (χ1v) is 9.74. The summed E-state index contributed by atoms with van der Waals surface area (Å²) in [5.41, 5.74) is 1.07. The van der Waals surface area contributed by atoms with Crippen molar-refractivity contribution in [2.24, 2.45) is 0 Å². The van der Waals surface area contributed by atoms with Gasteiger partial charge >= 0.3 is 0 Å². The Bertz CT molecular complexity index is 1170. The molecule has 1 N–H and O–H groups in total. The molecule has 9 heteroatoms. The van der Waals surface area contributed by atoms with Gasteiger partial charge in [0.1, 0.15) is 16.9 Å². The largest absolute Gasteiger partial charge is 0.349 e. The molecule has 2 atom stereocenters. The van der Waals surface area contributed by atoms with Crippen LogP contribution in [-0.4, -0.2) is 39.7 Å². The van der Waals surface area contributed by atoms with E-state index in [9.17, 15) is 17.6 Å². The maximum Gasteiger partial charge on any atom is 0.278 e. The van der Waals surface area contributed by atoms with Crippen LogP contribution in [0.3, 0.4) is 0 Å². The van der Waals surface area contributed by atoms with Gasteiger partial charge < -0.3 is 4.98 Å². The lowest BCUT2D eigenvalue weighted by atomic mass is 10.2. The van der Waals surface area contributed by atoms with E-state index < -0.39 is 15.7 Å². The fourth-order valence-electron chi connectivity index (χ4n) is 3.44. The third-order valence-electron chi connectivity index (χ3n) is 4.44. The molecule has 1 aromatic carbocycles. The van der Waals surface area contributed by atoms with Crippen molar-refractivity contribution in [3.63, 3.8) is 0 Å². The van der Waals surface area contributed by atoms with Gasteiger partial charge in [-0.25, -0.2) is 17.8 Å². The number of nitrogens with zero attached hydrogens (tertiary/aromatic N) is 2. The van der Waals surface area contributed by atoms with Crippen LogP contribution in [0.15, 0.2) is 28.2 Å². The van der Waals surface area contributed by atoms with Crippen molar-refractivity contribution >= 4 is 43.5 Å². The van der Waals surface area contributed by atoms with Crippen LogP contribution >= 0.6 is 11.8 Å². The lowest BCUT2D eigenvalue weighted by Crippen LogP contribution is -2.27. The van der Waals surface area contributed by atoms with Crippen LogP contribution in [0.25, 0.3) is 21.9 Å². The number of hydrogen-bond acceptors (Lipinski definition) is 5. The van der Waals surface area contributed by atoms with E-state index in [2.05, 4.69) is 9.97 Å². The quantitative estimate of drug-likeness (QED) is 0.620. The van der Waals surface area contributed by atoms with Gasteiger partial charge in [-0.15, -0.1) is 0 Å². The summed E-state index contributed by atoms with van der Waals surface area (Å²) in [4.78, 5) is 20.3. The van der Waals surface area contributed by atoms with Crippen LogP contribution in [0.1, 0.15) is 6.04 Å². The first kappa shape index (κ1) is 13.6. The second-order valence-corrected chi connectivity index (χ2v) is 9.27. The van der Waals surface area contributed by atoms with Crippen LogP contribution in [0, 0.1) is 5.82 Å². The number of H-pyrrole nitrogens is 1. The first-order valence-electron chi connectivity index (χ1n) is 7.03. The van der Waals surface area contributed by atoms with E-state index in [1.807, 2.05) is 0 Å². The SMILES string of the molecule is O=c1c2[nH]c3ccc(F)cc3c2nc2n1C1CS(=O)(=O)CC1S2. The number of nitrogens with one attached hydrogen (secondary N) is 1. The second-order valence-electron chi connectivity index (χ2n) is 5.91. The highest BCUT2D eigenvalue weighted by Gasteiger charge is 2.46. The molecule has 2 unspecified atom stereocenters. The van der Waals surface area contributed by atoms with E-state index >= 15 is 0 Å². The normalized spacial score (nSPS) is 25.1. The Kier molecular flexibility index (Phi) is 2.45. The Labute approximate surface area is 133 Å². The number of aromatic nitrogens is 3. The van der Waals surface area contributed by atoms with Gasteiger partial charge in [0.25, 0.3) is 5.56 Å². The zero-order valence-electron chi connectivity index (χ0n) is 11.6. The average molecular weight is 351 g/mol. The number of sulfone groups is 1. The molecule has 2 aliphatic rings. The van der Waals surface area contributed by atoms with Gasteiger partial charge in [0.15, 0.2) is 15.0 Å². The maximum atomic E-state index is 13.5. The van der Waals surface area contributed by atoms with Gasteiger partial charge in [-0.3, -0.25) is 9.36 Å². The Morgan fingerprint density at radius 2 is 2.17 bits per heavy atom. The average Bonchev–Trinajstić information content (AvgIpc) is 3.07. The monoisotopic (exact) mass is 351 g/mol. The molecule has 4 heterocycles. The van der Waals surface area contributed by atoms with Crippen molar-refractivity contribution in [2.45, 2.75) is 16.4 Å². The van der Waals surface area contributed by atoms with E-state index in [0.717, 1.165) is 0 Å². The molecule has 0 spiro atoms. The van der Waals surface area contributed by atoms with Gasteiger partial charge in [-0.05, 0) is 18.2 Å². The summed E-state index contributed by atoms with van der Waals surface area (Å²) in [6.07, 6.45) is 0. The summed E-state index contributed by atoms with van der Waals surface area (Å²) < 4.78 is 38.6. The Morgan fingerprint density at radius 1 is 1.35 bits per heavy atom. The molecule has 6 nitrogen and oxygen atoms in total. The standard InChI is InChI=1S/C14H10FN3O3S2/c15-6-1-2-8-7(3-6)11-12(16-8)13(19)18-9-4-23(20,21)5-10(9)22-14(18)17-11/h1-3,9-10,16H,4-5H2. The number of fused-ring (bicyclic) bond motifs is 6. The molecule has 0 bridgehead atoms. The van der Waals surface area contributed by atoms with Crippen molar-refractivity contribution in [1.82, 2.24) is 14.5 Å². The minimum Gasteiger partial charge on any atom is -0.349 e. The smallest absolute Gasteiger partial charge is 0.278 e. The minimum absolute atomic E-state index is 0.0282. The number of halogens is 1. The number of hydrogen-bond donors (Lipinski definition) is 1. The molecular weight excluding hydrogens is 341 g/mol. The summed E-state index contributed by atoms with van der Waals surface area (Å²) in [7, 11) is -3.12. The fraction of sp³-hybridized carbons (Fsp3) is 0.286. The second kappa shape index (κ2) is 4.15. The molecule has 1 saturated heterocycles. The molecule has 1 fully saturated rings. The number of thioether (sulfide) groups is 1. The van der Waals surface area contributed by atoms with E-state index in [1.54, 1.807) is 6.07 Å². The van der Waals surface area contributed by atoms with Crippen LogP contribution in [0.2, 0.25) is 0 Å². The molecule has 0 radical (unpaired) electrons. The van der Waals surface area contributed by atoms with Crippen LogP contribution < -0.4 is 5.56 Å². The Hall–Kier alpha value is -1.87. The summed E-state index contributed by atoms with van der Waals surface area (Å²) >= 11 is 1.32. The summed E-state index contributed by atoms with van der Waals surface area (Å²) in [5.74, 6) is -0.356. The zero-order valence-corrected chi connectivity index (χ0v) is 13.2. The molecule has 23 heavy (non-hydrogen) atoms. The molecule has 2 aliphatic heterocycles. The summed E-state index contributed by atoms with van der Waals surface area (Å²) in [6.45, 7) is 0. The van der Waals surface area contributed by atoms with E-state index in [0.29, 0.717) is 27.1 Å². The molecule has 2 aromatic heterocycles. The van der Waals surface area contributed by atoms with Gasteiger partial charge in [-0.2, -0.15) is 0 Å². The van der Waals surface area contributed by atoms with Gasteiger partial charge in [0.05, 0.1) is 17.5 Å². The van der Waals surface area contributed by atoms with E-state index in [-0.39, 0.29) is 28.4 Å². The summed E-state index contributed by atoms with van der Waals surface area (Å²) in [6, 6.07) is 3.87. The number of rotatable bonds is 0. The van der Waals surface area contributed by atoms with Crippen molar-refractivity contribution in [3.8, 4) is 0 Å². The third kappa shape index (κ3) is 1.77. The Morgan fingerprint density at radius 3 is 3.00 bits per heavy atom. The molecule has 0 amide bonds. The molecule has 0 saturated carbocycles. The Balaban J connectivity index is 1.84. The topological polar surface area (TPSA) is 84.8 Å². The minimum atomic E-state index is -3.12. The van der Waals surface area contributed by atoms with Crippen molar-refractivity contribution in [2.75, 3.05) is 11.5 Å². The highest BCUT2D eigenvalue weighted by molar-refractivity contribution is 8.02. The van der Waals surface area contributed by atoms with Crippen molar-refractivity contribution in [1.29, 1.82) is 0 Å². The maximum absolute atomic E-state index is 13.5. The van der Waals surface area contributed by atoms with Gasteiger partial charge in [0.2, 0.25) is 0 Å². The summed E-state index contributed by atoms with van der Waals surface area (Å²) in [5, 5.41) is 0.901. The fourth-order valence-corrected chi connectivity index (χ4v) is 7.34.